The van der Waals surface area contributed by atoms with Crippen LogP contribution in [0.4, 0.5) is 22.0 Å². The van der Waals surface area contributed by atoms with Crippen LogP contribution in [0.15, 0.2) is 18.2 Å². The molecule has 0 aliphatic heterocycles. The Morgan fingerprint density at radius 1 is 1.30 bits per heavy atom. The normalized spacial score (nSPS) is 10.7. The second kappa shape index (κ2) is 5.87. The number of nitrogens with zero attached hydrogens (tertiary/aromatic N) is 3. The molecular weight excluding hydrogens is 285 g/mol. The number of ether oxygens (including phenoxy) is 1. The molecule has 0 atom stereocenters. The molecule has 0 saturated carbocycles. The van der Waals surface area contributed by atoms with E-state index >= 15 is 0 Å². The van der Waals surface area contributed by atoms with Gasteiger partial charge < -0.3 is 15.8 Å². The maximum atomic E-state index is 13.6. The van der Waals surface area contributed by atoms with Gasteiger partial charge >= 0.3 is 6.01 Å². The highest BCUT2D eigenvalue weighted by Crippen LogP contribution is 2.23. The predicted octanol–water partition coefficient (Wildman–Crippen LogP) is 2.78. The quantitative estimate of drug-likeness (QED) is 0.902. The van der Waals surface area contributed by atoms with E-state index in [4.69, 9.17) is 22.1 Å². The molecule has 0 fully saturated rings. The number of anilines is 3. The number of benzene rings is 1. The zero-order chi connectivity index (χ0) is 14.7. The van der Waals surface area contributed by atoms with Crippen LogP contribution in [-0.4, -0.2) is 21.1 Å². The number of hydrogen-bond acceptors (Lipinski definition) is 6. The summed E-state index contributed by atoms with van der Waals surface area (Å²) in [4.78, 5) is 11.7. The molecule has 106 valence electrons. The van der Waals surface area contributed by atoms with Crippen LogP contribution in [0.5, 0.6) is 6.01 Å². The van der Waals surface area contributed by atoms with Crippen molar-refractivity contribution in [2.24, 2.45) is 0 Å². The van der Waals surface area contributed by atoms with Crippen LogP contribution in [0, 0.1) is 5.82 Å². The minimum absolute atomic E-state index is 0.0272. The summed E-state index contributed by atoms with van der Waals surface area (Å²) in [6.45, 7) is 3.65. The number of rotatable bonds is 4. The Hall–Kier alpha value is -2.15. The van der Waals surface area contributed by atoms with Gasteiger partial charge in [-0.15, -0.1) is 0 Å². The fourth-order valence-corrected chi connectivity index (χ4v) is 1.58. The average Bonchev–Trinajstić information content (AvgIpc) is 2.32. The number of halogens is 2. The van der Waals surface area contributed by atoms with Gasteiger partial charge in [-0.05, 0) is 32.0 Å². The molecule has 1 aromatic heterocycles. The zero-order valence-corrected chi connectivity index (χ0v) is 11.6. The lowest BCUT2D eigenvalue weighted by Gasteiger charge is -2.10. The van der Waals surface area contributed by atoms with Gasteiger partial charge in [0.1, 0.15) is 5.82 Å². The molecule has 0 spiro atoms. The van der Waals surface area contributed by atoms with E-state index in [0.29, 0.717) is 5.02 Å². The molecule has 2 aromatic rings. The molecule has 20 heavy (non-hydrogen) atoms. The maximum absolute atomic E-state index is 13.6. The monoisotopic (exact) mass is 297 g/mol. The summed E-state index contributed by atoms with van der Waals surface area (Å²) in [5, 5.41) is 3.07. The first-order chi connectivity index (χ1) is 9.44. The van der Waals surface area contributed by atoms with E-state index in [-0.39, 0.29) is 29.7 Å². The van der Waals surface area contributed by atoms with Crippen LogP contribution in [0.25, 0.3) is 0 Å². The Labute approximate surface area is 120 Å². The third-order valence-corrected chi connectivity index (χ3v) is 2.38. The SMILES string of the molecule is CC(C)Oc1nc(N)nc(Nc2cc(Cl)ccc2F)n1. The fourth-order valence-electron chi connectivity index (χ4n) is 1.41. The first-order valence-electron chi connectivity index (χ1n) is 5.84. The van der Waals surface area contributed by atoms with Gasteiger partial charge in [-0.2, -0.15) is 15.0 Å². The molecule has 3 N–H and O–H groups in total. The van der Waals surface area contributed by atoms with Gasteiger partial charge in [-0.1, -0.05) is 11.6 Å². The highest BCUT2D eigenvalue weighted by Gasteiger charge is 2.10. The van der Waals surface area contributed by atoms with E-state index in [9.17, 15) is 4.39 Å². The van der Waals surface area contributed by atoms with E-state index in [1.165, 1.54) is 18.2 Å². The summed E-state index contributed by atoms with van der Waals surface area (Å²) in [6.07, 6.45) is -0.118. The van der Waals surface area contributed by atoms with Crippen molar-refractivity contribution in [3.05, 3.63) is 29.0 Å². The van der Waals surface area contributed by atoms with Gasteiger partial charge in [-0.25, -0.2) is 4.39 Å². The average molecular weight is 298 g/mol. The molecule has 1 heterocycles. The summed E-state index contributed by atoms with van der Waals surface area (Å²) < 4.78 is 18.9. The third kappa shape index (κ3) is 3.67. The van der Waals surface area contributed by atoms with Crippen molar-refractivity contribution >= 4 is 29.2 Å². The van der Waals surface area contributed by atoms with Crippen molar-refractivity contribution in [1.82, 2.24) is 15.0 Å². The summed E-state index contributed by atoms with van der Waals surface area (Å²) in [7, 11) is 0. The van der Waals surface area contributed by atoms with Crippen molar-refractivity contribution in [3.63, 3.8) is 0 Å². The number of nitrogen functional groups attached to an aromatic ring is 1. The molecule has 6 nitrogen and oxygen atoms in total. The van der Waals surface area contributed by atoms with Crippen molar-refractivity contribution in [3.8, 4) is 6.01 Å². The molecular formula is C12H13ClFN5O. The first kappa shape index (κ1) is 14.3. The second-order valence-electron chi connectivity index (χ2n) is 4.22. The molecule has 0 aliphatic rings. The smallest absolute Gasteiger partial charge is 0.323 e. The number of hydrogen-bond donors (Lipinski definition) is 2. The molecule has 0 amide bonds. The molecule has 0 bridgehead atoms. The largest absolute Gasteiger partial charge is 0.461 e. The lowest BCUT2D eigenvalue weighted by Crippen LogP contribution is -2.12. The molecule has 0 radical (unpaired) electrons. The summed E-state index contributed by atoms with van der Waals surface area (Å²) in [5.74, 6) is -0.436. The predicted molar refractivity (Wildman–Crippen MR) is 74.7 cm³/mol. The van der Waals surface area contributed by atoms with Crippen LogP contribution >= 0.6 is 11.6 Å². The molecule has 0 unspecified atom stereocenters. The minimum Gasteiger partial charge on any atom is -0.461 e. The Morgan fingerprint density at radius 2 is 2.05 bits per heavy atom. The van der Waals surface area contributed by atoms with Gasteiger partial charge in [0.25, 0.3) is 0 Å². The van der Waals surface area contributed by atoms with E-state index < -0.39 is 5.82 Å². The molecule has 0 aliphatic carbocycles. The van der Waals surface area contributed by atoms with E-state index in [1.54, 1.807) is 0 Å². The van der Waals surface area contributed by atoms with Crippen LogP contribution < -0.4 is 15.8 Å². The van der Waals surface area contributed by atoms with Gasteiger partial charge in [0.15, 0.2) is 0 Å². The van der Waals surface area contributed by atoms with Crippen LogP contribution in [0.1, 0.15) is 13.8 Å². The zero-order valence-electron chi connectivity index (χ0n) is 10.9. The minimum atomic E-state index is -0.486. The Morgan fingerprint density at radius 3 is 2.75 bits per heavy atom. The topological polar surface area (TPSA) is 86.0 Å². The number of nitrogens with one attached hydrogen (secondary N) is 1. The lowest BCUT2D eigenvalue weighted by atomic mass is 10.3. The van der Waals surface area contributed by atoms with Crippen LogP contribution in [0.2, 0.25) is 5.02 Å². The number of nitrogens with two attached hydrogens (primary N) is 1. The lowest BCUT2D eigenvalue weighted by molar-refractivity contribution is 0.222. The van der Waals surface area contributed by atoms with E-state index in [2.05, 4.69) is 20.3 Å². The highest BCUT2D eigenvalue weighted by molar-refractivity contribution is 6.30. The molecule has 0 saturated heterocycles. The van der Waals surface area contributed by atoms with Crippen molar-refractivity contribution in [1.29, 1.82) is 0 Å². The molecule has 1 aromatic carbocycles. The maximum Gasteiger partial charge on any atom is 0.323 e. The van der Waals surface area contributed by atoms with E-state index in [1.807, 2.05) is 13.8 Å². The van der Waals surface area contributed by atoms with Gasteiger partial charge in [0.2, 0.25) is 11.9 Å². The van der Waals surface area contributed by atoms with Crippen molar-refractivity contribution < 1.29 is 9.13 Å². The summed E-state index contributed by atoms with van der Waals surface area (Å²) in [6, 6.07) is 4.16. The summed E-state index contributed by atoms with van der Waals surface area (Å²) >= 11 is 5.81. The third-order valence-electron chi connectivity index (χ3n) is 2.15. The Kier molecular flexibility index (Phi) is 4.19. The summed E-state index contributed by atoms with van der Waals surface area (Å²) in [5.41, 5.74) is 5.69. The Bertz CT molecular complexity index is 623. The Balaban J connectivity index is 2.28. The standard InChI is InChI=1S/C12H13ClFN5O/c1-6(2)20-12-18-10(15)17-11(19-12)16-9-5-7(13)3-4-8(9)14/h3-6H,1-2H3,(H3,15,16,17,18,19). The van der Waals surface area contributed by atoms with Crippen molar-refractivity contribution in [2.45, 2.75) is 20.0 Å². The van der Waals surface area contributed by atoms with Crippen LogP contribution in [-0.2, 0) is 0 Å². The van der Waals surface area contributed by atoms with Gasteiger partial charge in [0.05, 0.1) is 11.8 Å². The number of aromatic nitrogens is 3. The van der Waals surface area contributed by atoms with Crippen molar-refractivity contribution in [2.75, 3.05) is 11.1 Å². The highest BCUT2D eigenvalue weighted by atomic mass is 35.5. The van der Waals surface area contributed by atoms with Gasteiger partial charge in [-0.3, -0.25) is 0 Å². The first-order valence-corrected chi connectivity index (χ1v) is 6.22. The molecule has 2 rings (SSSR count). The second-order valence-corrected chi connectivity index (χ2v) is 4.65. The van der Waals surface area contributed by atoms with E-state index in [0.717, 1.165) is 0 Å². The fraction of sp³-hybridized carbons (Fsp3) is 0.250. The van der Waals surface area contributed by atoms with Gasteiger partial charge in [0, 0.05) is 5.02 Å². The molecule has 8 heteroatoms. The van der Waals surface area contributed by atoms with Crippen LogP contribution in [0.3, 0.4) is 0 Å².